The Morgan fingerprint density at radius 1 is 0.962 bits per heavy atom. The Bertz CT molecular complexity index is 806. The first-order chi connectivity index (χ1) is 12.5. The molecule has 3 N–H and O–H groups in total. The molecule has 0 saturated carbocycles. The minimum Gasteiger partial charge on any atom is -0.507 e. The fourth-order valence-corrected chi connectivity index (χ4v) is 2.17. The standard InChI is InChI=1S/C18H20N2O6/c1-4-26-15-8-5-11(9-16(15)25-3)17(22)19-20-18(23)13-7-6-12(24-2)10-14(13)21/h5-10,21H,4H2,1-3H3,(H,19,22)(H,20,23). The topological polar surface area (TPSA) is 106 Å². The number of amides is 2. The number of aromatic hydroxyl groups is 1. The summed E-state index contributed by atoms with van der Waals surface area (Å²) in [6.45, 7) is 2.30. The van der Waals surface area contributed by atoms with Gasteiger partial charge < -0.3 is 19.3 Å². The zero-order chi connectivity index (χ0) is 19.1. The van der Waals surface area contributed by atoms with Crippen molar-refractivity contribution in [3.8, 4) is 23.0 Å². The quantitative estimate of drug-likeness (QED) is 0.679. The van der Waals surface area contributed by atoms with Crippen LogP contribution in [0.15, 0.2) is 36.4 Å². The minimum atomic E-state index is -0.670. The summed E-state index contributed by atoms with van der Waals surface area (Å²) in [4.78, 5) is 24.3. The number of benzene rings is 2. The molecule has 8 heteroatoms. The summed E-state index contributed by atoms with van der Waals surface area (Å²) >= 11 is 0. The van der Waals surface area contributed by atoms with Crippen LogP contribution in [-0.4, -0.2) is 37.7 Å². The normalized spacial score (nSPS) is 9.96. The van der Waals surface area contributed by atoms with Gasteiger partial charge in [-0.25, -0.2) is 0 Å². The van der Waals surface area contributed by atoms with Crippen molar-refractivity contribution in [2.24, 2.45) is 0 Å². The lowest BCUT2D eigenvalue weighted by Crippen LogP contribution is -2.41. The Hall–Kier alpha value is -3.42. The summed E-state index contributed by atoms with van der Waals surface area (Å²) in [5.74, 6) is -0.162. The van der Waals surface area contributed by atoms with E-state index in [4.69, 9.17) is 14.2 Å². The van der Waals surface area contributed by atoms with E-state index in [2.05, 4.69) is 10.9 Å². The number of hydrogen-bond donors (Lipinski definition) is 3. The van der Waals surface area contributed by atoms with Gasteiger partial charge in [0.15, 0.2) is 11.5 Å². The van der Waals surface area contributed by atoms with Gasteiger partial charge in [-0.2, -0.15) is 0 Å². The van der Waals surface area contributed by atoms with Crippen molar-refractivity contribution in [2.45, 2.75) is 6.92 Å². The maximum absolute atomic E-state index is 12.2. The third-order valence-electron chi connectivity index (χ3n) is 3.46. The van der Waals surface area contributed by atoms with Crippen LogP contribution in [0.3, 0.4) is 0 Å². The molecule has 0 heterocycles. The second-order valence-electron chi connectivity index (χ2n) is 5.09. The molecule has 0 radical (unpaired) electrons. The molecular formula is C18H20N2O6. The highest BCUT2D eigenvalue weighted by Crippen LogP contribution is 2.28. The summed E-state index contributed by atoms with van der Waals surface area (Å²) in [5.41, 5.74) is 4.78. The third-order valence-corrected chi connectivity index (χ3v) is 3.46. The van der Waals surface area contributed by atoms with Gasteiger partial charge in [-0.3, -0.25) is 20.4 Å². The molecule has 0 aliphatic carbocycles. The minimum absolute atomic E-state index is 0.00428. The van der Waals surface area contributed by atoms with E-state index in [0.717, 1.165) is 0 Å². The van der Waals surface area contributed by atoms with Gasteiger partial charge in [0.25, 0.3) is 11.8 Å². The van der Waals surface area contributed by atoms with Crippen molar-refractivity contribution < 1.29 is 28.9 Å². The summed E-state index contributed by atoms with van der Waals surface area (Å²) < 4.78 is 15.5. The number of nitrogens with one attached hydrogen (secondary N) is 2. The number of phenolic OH excluding ortho intramolecular Hbond substituents is 1. The molecule has 0 spiro atoms. The van der Waals surface area contributed by atoms with E-state index < -0.39 is 11.8 Å². The van der Waals surface area contributed by atoms with E-state index in [9.17, 15) is 14.7 Å². The second kappa shape index (κ2) is 8.61. The highest BCUT2D eigenvalue weighted by atomic mass is 16.5. The van der Waals surface area contributed by atoms with Crippen LogP contribution >= 0.6 is 0 Å². The highest BCUT2D eigenvalue weighted by molar-refractivity contribution is 6.00. The molecule has 0 aromatic heterocycles. The second-order valence-corrected chi connectivity index (χ2v) is 5.09. The van der Waals surface area contributed by atoms with Crippen molar-refractivity contribution in [3.05, 3.63) is 47.5 Å². The highest BCUT2D eigenvalue weighted by Gasteiger charge is 2.15. The predicted molar refractivity (Wildman–Crippen MR) is 93.8 cm³/mol. The van der Waals surface area contributed by atoms with Crippen LogP contribution < -0.4 is 25.1 Å². The number of hydrazine groups is 1. The molecule has 0 atom stereocenters. The number of rotatable bonds is 6. The maximum Gasteiger partial charge on any atom is 0.273 e. The fraction of sp³-hybridized carbons (Fsp3) is 0.222. The van der Waals surface area contributed by atoms with Crippen molar-refractivity contribution in [1.29, 1.82) is 0 Å². The molecule has 2 aromatic carbocycles. The molecule has 2 rings (SSSR count). The van der Waals surface area contributed by atoms with Crippen LogP contribution in [0.1, 0.15) is 27.6 Å². The molecule has 0 saturated heterocycles. The van der Waals surface area contributed by atoms with E-state index >= 15 is 0 Å². The number of hydrogen-bond acceptors (Lipinski definition) is 6. The Morgan fingerprint density at radius 2 is 1.69 bits per heavy atom. The van der Waals surface area contributed by atoms with Crippen LogP contribution in [0.5, 0.6) is 23.0 Å². The average molecular weight is 360 g/mol. The molecular weight excluding hydrogens is 340 g/mol. The Balaban J connectivity index is 2.05. The smallest absolute Gasteiger partial charge is 0.273 e. The number of methoxy groups -OCH3 is 2. The third kappa shape index (κ3) is 4.35. The number of carbonyl (C=O) groups excluding carboxylic acids is 2. The SMILES string of the molecule is CCOc1ccc(C(=O)NNC(=O)c2ccc(OC)cc2O)cc1OC. The Kier molecular flexibility index (Phi) is 6.26. The largest absolute Gasteiger partial charge is 0.507 e. The van der Waals surface area contributed by atoms with Crippen LogP contribution in [0.2, 0.25) is 0 Å². The van der Waals surface area contributed by atoms with E-state index in [1.165, 1.54) is 38.5 Å². The van der Waals surface area contributed by atoms with Gasteiger partial charge >= 0.3 is 0 Å². The molecule has 0 unspecified atom stereocenters. The summed E-state index contributed by atoms with van der Waals surface area (Å²) in [6.07, 6.45) is 0. The van der Waals surface area contributed by atoms with E-state index in [1.807, 2.05) is 6.92 Å². The van der Waals surface area contributed by atoms with Gasteiger partial charge in [-0.15, -0.1) is 0 Å². The summed E-state index contributed by atoms with van der Waals surface area (Å²) in [6, 6.07) is 8.85. The Morgan fingerprint density at radius 3 is 2.31 bits per heavy atom. The molecule has 2 aromatic rings. The van der Waals surface area contributed by atoms with Crippen molar-refractivity contribution >= 4 is 11.8 Å². The van der Waals surface area contributed by atoms with Gasteiger partial charge in [0.2, 0.25) is 0 Å². The number of ether oxygens (including phenoxy) is 3. The zero-order valence-corrected chi connectivity index (χ0v) is 14.7. The fourth-order valence-electron chi connectivity index (χ4n) is 2.17. The number of carbonyl (C=O) groups is 2. The lowest BCUT2D eigenvalue weighted by atomic mass is 10.2. The van der Waals surface area contributed by atoms with Crippen LogP contribution in [-0.2, 0) is 0 Å². The molecule has 2 amide bonds. The molecule has 26 heavy (non-hydrogen) atoms. The maximum atomic E-state index is 12.2. The van der Waals surface area contributed by atoms with Crippen LogP contribution in [0.4, 0.5) is 0 Å². The molecule has 8 nitrogen and oxygen atoms in total. The first-order valence-corrected chi connectivity index (χ1v) is 7.78. The molecule has 0 bridgehead atoms. The van der Waals surface area contributed by atoms with Gasteiger partial charge in [-0.05, 0) is 37.3 Å². The molecule has 0 aliphatic heterocycles. The monoisotopic (exact) mass is 360 g/mol. The van der Waals surface area contributed by atoms with Crippen LogP contribution in [0.25, 0.3) is 0 Å². The molecule has 0 fully saturated rings. The predicted octanol–water partition coefficient (Wildman–Crippen LogP) is 1.88. The van der Waals surface area contributed by atoms with Crippen LogP contribution in [0, 0.1) is 0 Å². The van der Waals surface area contributed by atoms with Crippen molar-refractivity contribution in [2.75, 3.05) is 20.8 Å². The van der Waals surface area contributed by atoms with Crippen molar-refractivity contribution in [1.82, 2.24) is 10.9 Å². The van der Waals surface area contributed by atoms with E-state index in [0.29, 0.717) is 23.9 Å². The molecule has 138 valence electrons. The van der Waals surface area contributed by atoms with E-state index in [1.54, 1.807) is 12.1 Å². The lowest BCUT2D eigenvalue weighted by Gasteiger charge is -2.12. The van der Waals surface area contributed by atoms with Crippen molar-refractivity contribution in [3.63, 3.8) is 0 Å². The van der Waals surface area contributed by atoms with Gasteiger partial charge in [0, 0.05) is 11.6 Å². The Labute approximate surface area is 150 Å². The van der Waals surface area contributed by atoms with Gasteiger partial charge in [0.05, 0.1) is 26.4 Å². The summed E-state index contributed by atoms with van der Waals surface area (Å²) in [7, 11) is 2.91. The summed E-state index contributed by atoms with van der Waals surface area (Å²) in [5, 5.41) is 9.84. The average Bonchev–Trinajstić information content (AvgIpc) is 2.66. The zero-order valence-electron chi connectivity index (χ0n) is 14.7. The van der Waals surface area contributed by atoms with E-state index in [-0.39, 0.29) is 16.9 Å². The number of phenols is 1. The first-order valence-electron chi connectivity index (χ1n) is 7.78. The lowest BCUT2D eigenvalue weighted by molar-refractivity contribution is 0.0844. The first kappa shape index (κ1) is 18.9. The molecule has 0 aliphatic rings. The van der Waals surface area contributed by atoms with Gasteiger partial charge in [-0.1, -0.05) is 0 Å². The van der Waals surface area contributed by atoms with Gasteiger partial charge in [0.1, 0.15) is 11.5 Å².